The molecular formula is C24H19N3O6. The maximum absolute atomic E-state index is 13.5. The maximum Gasteiger partial charge on any atom is 0.269 e. The van der Waals surface area contributed by atoms with Gasteiger partial charge in [-0.05, 0) is 42.0 Å². The van der Waals surface area contributed by atoms with E-state index >= 15 is 0 Å². The highest BCUT2D eigenvalue weighted by Gasteiger charge is 2.60. The first-order valence-corrected chi connectivity index (χ1v) is 10.3. The van der Waals surface area contributed by atoms with E-state index < -0.39 is 34.8 Å². The van der Waals surface area contributed by atoms with E-state index in [0.29, 0.717) is 5.75 Å². The van der Waals surface area contributed by atoms with E-state index in [4.69, 9.17) is 9.57 Å². The number of nitrogens with zero attached hydrogens (tertiary/aromatic N) is 3. The van der Waals surface area contributed by atoms with Gasteiger partial charge in [0.2, 0.25) is 5.91 Å². The van der Waals surface area contributed by atoms with Gasteiger partial charge in [0, 0.05) is 12.1 Å². The molecule has 0 saturated carbocycles. The molecule has 3 aromatic rings. The molecule has 2 amide bonds. The number of carbonyl (C=O) groups excluding carboxylic acids is 2. The molecule has 9 nitrogen and oxygen atoms in total. The van der Waals surface area contributed by atoms with Crippen molar-refractivity contribution in [3.8, 4) is 5.75 Å². The number of non-ortho nitro benzene ring substituents is 1. The number of hydrogen-bond donors (Lipinski definition) is 0. The predicted molar refractivity (Wildman–Crippen MR) is 119 cm³/mol. The normalized spacial score (nSPS) is 21.9. The molecule has 2 saturated heterocycles. The van der Waals surface area contributed by atoms with Crippen molar-refractivity contribution < 1.29 is 24.1 Å². The molecule has 0 spiro atoms. The number of fused-ring (bicyclic) bond motifs is 1. The Hall–Kier alpha value is -4.24. The second-order valence-corrected chi connectivity index (χ2v) is 7.72. The molecule has 2 aliphatic heterocycles. The summed E-state index contributed by atoms with van der Waals surface area (Å²) in [5, 5.41) is 12.6. The fourth-order valence-corrected chi connectivity index (χ4v) is 4.33. The number of anilines is 2. The molecule has 33 heavy (non-hydrogen) atoms. The summed E-state index contributed by atoms with van der Waals surface area (Å²) in [6.07, 6.45) is -1.01. The highest BCUT2D eigenvalue weighted by Crippen LogP contribution is 2.47. The van der Waals surface area contributed by atoms with Crippen molar-refractivity contribution in [1.29, 1.82) is 0 Å². The first-order chi connectivity index (χ1) is 16.0. The van der Waals surface area contributed by atoms with Crippen molar-refractivity contribution in [2.75, 3.05) is 17.1 Å². The molecule has 0 aromatic heterocycles. The second-order valence-electron chi connectivity index (χ2n) is 7.72. The summed E-state index contributed by atoms with van der Waals surface area (Å²) in [7, 11) is 1.57. The SMILES string of the molecule is COc1ccc(C2C3C(=O)N(c4ccc([N+](=O)[O-])cc4)C(=O)C3ON2c2ccccc2)cc1. The minimum Gasteiger partial charge on any atom is -0.497 e. The number of ether oxygens (including phenoxy) is 1. The van der Waals surface area contributed by atoms with Crippen LogP contribution in [0.3, 0.4) is 0 Å². The molecule has 3 unspecified atom stereocenters. The summed E-state index contributed by atoms with van der Waals surface area (Å²) >= 11 is 0. The van der Waals surface area contributed by atoms with Gasteiger partial charge in [-0.25, -0.2) is 9.96 Å². The van der Waals surface area contributed by atoms with Crippen LogP contribution >= 0.6 is 0 Å². The van der Waals surface area contributed by atoms with Gasteiger partial charge < -0.3 is 4.74 Å². The molecule has 166 valence electrons. The zero-order chi connectivity index (χ0) is 23.1. The molecule has 3 aromatic carbocycles. The Bertz CT molecular complexity index is 1210. The molecular weight excluding hydrogens is 426 g/mol. The Morgan fingerprint density at radius 1 is 0.879 bits per heavy atom. The number of amides is 2. The summed E-state index contributed by atoms with van der Waals surface area (Å²) < 4.78 is 5.25. The average molecular weight is 445 g/mol. The van der Waals surface area contributed by atoms with Gasteiger partial charge in [0.1, 0.15) is 11.7 Å². The van der Waals surface area contributed by atoms with E-state index in [1.165, 1.54) is 24.3 Å². The lowest BCUT2D eigenvalue weighted by molar-refractivity contribution is -0.384. The van der Waals surface area contributed by atoms with Gasteiger partial charge in [-0.3, -0.25) is 24.5 Å². The number of benzene rings is 3. The van der Waals surface area contributed by atoms with Crippen molar-refractivity contribution in [3.05, 3.63) is 94.5 Å². The Morgan fingerprint density at radius 2 is 1.55 bits per heavy atom. The summed E-state index contributed by atoms with van der Waals surface area (Å²) in [4.78, 5) is 44.4. The first-order valence-electron chi connectivity index (χ1n) is 10.3. The lowest BCUT2D eigenvalue weighted by atomic mass is 9.90. The summed E-state index contributed by atoms with van der Waals surface area (Å²) in [6, 6.07) is 21.3. The van der Waals surface area contributed by atoms with Gasteiger partial charge >= 0.3 is 0 Å². The monoisotopic (exact) mass is 445 g/mol. The van der Waals surface area contributed by atoms with Crippen molar-refractivity contribution >= 4 is 28.9 Å². The molecule has 2 heterocycles. The van der Waals surface area contributed by atoms with Crippen LogP contribution < -0.4 is 14.7 Å². The number of methoxy groups -OCH3 is 1. The largest absolute Gasteiger partial charge is 0.497 e. The van der Waals surface area contributed by atoms with Crippen LogP contribution in [0, 0.1) is 16.0 Å². The number of carbonyl (C=O) groups is 2. The maximum atomic E-state index is 13.5. The summed E-state index contributed by atoms with van der Waals surface area (Å²) in [5.41, 5.74) is 1.66. The number of nitro groups is 1. The van der Waals surface area contributed by atoms with Gasteiger partial charge in [0.25, 0.3) is 11.6 Å². The van der Waals surface area contributed by atoms with E-state index in [9.17, 15) is 19.7 Å². The molecule has 0 radical (unpaired) electrons. The number of rotatable bonds is 5. The lowest BCUT2D eigenvalue weighted by Crippen LogP contribution is -2.37. The second kappa shape index (κ2) is 8.03. The molecule has 0 aliphatic carbocycles. The molecule has 3 atom stereocenters. The Balaban J connectivity index is 1.54. The van der Waals surface area contributed by atoms with Crippen molar-refractivity contribution in [2.24, 2.45) is 5.92 Å². The molecule has 2 aliphatic rings. The fourth-order valence-electron chi connectivity index (χ4n) is 4.33. The van der Waals surface area contributed by atoms with Crippen LogP contribution in [-0.4, -0.2) is 30.0 Å². The fraction of sp³-hybridized carbons (Fsp3) is 0.167. The predicted octanol–water partition coefficient (Wildman–Crippen LogP) is 3.65. The number of nitro benzene ring substituents is 1. The van der Waals surface area contributed by atoms with Gasteiger partial charge in [-0.1, -0.05) is 30.3 Å². The Morgan fingerprint density at radius 3 is 2.15 bits per heavy atom. The van der Waals surface area contributed by atoms with Crippen LogP contribution in [0.4, 0.5) is 17.1 Å². The third-order valence-corrected chi connectivity index (χ3v) is 5.90. The lowest BCUT2D eigenvalue weighted by Gasteiger charge is -2.28. The zero-order valence-corrected chi connectivity index (χ0v) is 17.5. The third kappa shape index (κ3) is 3.39. The van der Waals surface area contributed by atoms with Crippen LogP contribution in [0.5, 0.6) is 5.75 Å². The zero-order valence-electron chi connectivity index (χ0n) is 17.5. The number of hydroxylamine groups is 1. The van der Waals surface area contributed by atoms with Gasteiger partial charge in [0.15, 0.2) is 6.10 Å². The molecule has 0 N–H and O–H groups in total. The minimum absolute atomic E-state index is 0.124. The molecule has 0 bridgehead atoms. The van der Waals surface area contributed by atoms with Crippen molar-refractivity contribution in [2.45, 2.75) is 12.1 Å². The topological polar surface area (TPSA) is 102 Å². The third-order valence-electron chi connectivity index (χ3n) is 5.90. The highest BCUT2D eigenvalue weighted by molar-refractivity contribution is 6.23. The van der Waals surface area contributed by atoms with Crippen LogP contribution in [0.15, 0.2) is 78.9 Å². The molecule has 5 rings (SSSR count). The summed E-state index contributed by atoms with van der Waals surface area (Å²) in [6.45, 7) is 0. The van der Waals surface area contributed by atoms with Crippen molar-refractivity contribution in [1.82, 2.24) is 0 Å². The Labute approximate surface area is 188 Å². The number of para-hydroxylation sites is 1. The van der Waals surface area contributed by atoms with Gasteiger partial charge in [-0.15, -0.1) is 0 Å². The molecule has 2 fully saturated rings. The average Bonchev–Trinajstić information content (AvgIpc) is 3.35. The smallest absolute Gasteiger partial charge is 0.269 e. The van der Waals surface area contributed by atoms with Crippen LogP contribution in [0.1, 0.15) is 11.6 Å². The van der Waals surface area contributed by atoms with E-state index in [0.717, 1.165) is 16.2 Å². The van der Waals surface area contributed by atoms with Crippen LogP contribution in [0.25, 0.3) is 0 Å². The van der Waals surface area contributed by atoms with E-state index in [1.54, 1.807) is 24.3 Å². The van der Waals surface area contributed by atoms with E-state index in [1.807, 2.05) is 42.5 Å². The number of hydrogen-bond acceptors (Lipinski definition) is 7. The van der Waals surface area contributed by atoms with E-state index in [2.05, 4.69) is 0 Å². The Kier molecular flexibility index (Phi) is 5.02. The van der Waals surface area contributed by atoms with Gasteiger partial charge in [-0.2, -0.15) is 0 Å². The minimum atomic E-state index is -1.01. The highest BCUT2D eigenvalue weighted by atomic mass is 16.7. The van der Waals surface area contributed by atoms with Gasteiger partial charge in [0.05, 0.1) is 29.4 Å². The standard InChI is InChI=1S/C24H19N3O6/c1-32-19-13-7-15(8-14-19)21-20-22(33-26(21)17-5-3-2-4-6-17)24(29)25(23(20)28)16-9-11-18(12-10-16)27(30)31/h2-14,20-22H,1H3. The summed E-state index contributed by atoms with van der Waals surface area (Å²) in [5.74, 6) is -1.04. The van der Waals surface area contributed by atoms with Crippen LogP contribution in [0.2, 0.25) is 0 Å². The van der Waals surface area contributed by atoms with Crippen molar-refractivity contribution in [3.63, 3.8) is 0 Å². The van der Waals surface area contributed by atoms with Crippen LogP contribution in [-0.2, 0) is 14.4 Å². The quantitative estimate of drug-likeness (QED) is 0.336. The molecule has 9 heteroatoms. The number of imide groups is 1. The van der Waals surface area contributed by atoms with E-state index in [-0.39, 0.29) is 11.4 Å². The first kappa shape index (κ1) is 20.7.